The van der Waals surface area contributed by atoms with Crippen molar-refractivity contribution in [2.24, 2.45) is 11.8 Å². The van der Waals surface area contributed by atoms with E-state index in [1.807, 2.05) is 36.5 Å². The van der Waals surface area contributed by atoms with E-state index in [1.165, 1.54) is 6.42 Å². The Kier molecular flexibility index (Phi) is 5.05. The summed E-state index contributed by atoms with van der Waals surface area (Å²) in [5, 5.41) is 4.42. The highest BCUT2D eigenvalue weighted by Gasteiger charge is 2.43. The summed E-state index contributed by atoms with van der Waals surface area (Å²) in [6.45, 7) is 6.13. The summed E-state index contributed by atoms with van der Waals surface area (Å²) in [5.74, 6) is 1.03. The van der Waals surface area contributed by atoms with Gasteiger partial charge in [0.15, 0.2) is 0 Å². The number of para-hydroxylation sites is 1. The van der Waals surface area contributed by atoms with Crippen molar-refractivity contribution in [2.45, 2.75) is 24.9 Å². The average molecular weight is 399 g/mol. The largest absolute Gasteiger partial charge is 0.342 e. The van der Waals surface area contributed by atoms with Crippen LogP contribution in [-0.2, 0) is 0 Å². The highest BCUT2D eigenvalue weighted by Crippen LogP contribution is 2.42. The molecule has 3 fully saturated rings. The van der Waals surface area contributed by atoms with E-state index in [4.69, 9.17) is 0 Å². The van der Waals surface area contributed by atoms with Crippen LogP contribution in [0.3, 0.4) is 0 Å². The van der Waals surface area contributed by atoms with Crippen LogP contribution in [0.5, 0.6) is 0 Å². The van der Waals surface area contributed by atoms with E-state index in [-0.39, 0.29) is 18.0 Å². The summed E-state index contributed by atoms with van der Waals surface area (Å²) in [6, 6.07) is 15.8. The predicted octanol–water partition coefficient (Wildman–Crippen LogP) is 4.00. The molecule has 3 saturated heterocycles. The van der Waals surface area contributed by atoms with Gasteiger partial charge in [0, 0.05) is 30.4 Å². The quantitative estimate of drug-likeness (QED) is 0.660. The van der Waals surface area contributed by atoms with Crippen molar-refractivity contribution in [3.63, 3.8) is 0 Å². The van der Waals surface area contributed by atoms with Gasteiger partial charge in [-0.3, -0.25) is 19.7 Å². The number of hydrogen-bond donors (Lipinski definition) is 1. The van der Waals surface area contributed by atoms with Crippen molar-refractivity contribution in [1.29, 1.82) is 0 Å². The van der Waals surface area contributed by atoms with Crippen molar-refractivity contribution in [3.8, 4) is 0 Å². The number of nitrogens with one attached hydrogen (secondary N) is 1. The second kappa shape index (κ2) is 8.00. The molecule has 5 atom stereocenters. The molecule has 6 rings (SSSR count). The summed E-state index contributed by atoms with van der Waals surface area (Å²) in [6.07, 6.45) is 7.87. The van der Waals surface area contributed by atoms with Crippen LogP contribution in [0.2, 0.25) is 0 Å². The smallest absolute Gasteiger partial charge is 0.270 e. The Morgan fingerprint density at radius 1 is 1.13 bits per heavy atom. The topological polar surface area (TPSA) is 58.1 Å². The Morgan fingerprint density at radius 2 is 2.00 bits per heavy atom. The number of carbonyl (C=O) groups is 1. The molecule has 0 saturated carbocycles. The second-order valence-corrected chi connectivity index (χ2v) is 8.33. The fourth-order valence-corrected chi connectivity index (χ4v) is 5.21. The van der Waals surface area contributed by atoms with Crippen molar-refractivity contribution in [3.05, 3.63) is 84.8 Å². The van der Waals surface area contributed by atoms with Gasteiger partial charge in [-0.1, -0.05) is 30.3 Å². The molecule has 3 aliphatic rings. The molecule has 2 bridgehead atoms. The summed E-state index contributed by atoms with van der Waals surface area (Å²) in [4.78, 5) is 24.4. The summed E-state index contributed by atoms with van der Waals surface area (Å²) < 4.78 is 0. The number of benzene rings is 1. The standard InChI is InChI=1S/C25H26N4O/c1-2-17-16-29-14-11-18(17)15-23(29)24(28-25(30)22-9-5-6-12-26-22)20-10-13-27-21-8-4-3-7-19(20)21/h2-10,12-13,17-18,23-24H,1,11,14-16H2,(H,28,30)/t17-,18?,23-,24-/m0/s1. The number of piperidine rings is 3. The molecule has 1 amide bonds. The third-order valence-electron chi connectivity index (χ3n) is 6.74. The van der Waals surface area contributed by atoms with E-state index in [2.05, 4.69) is 45.0 Å². The Balaban J connectivity index is 1.54. The van der Waals surface area contributed by atoms with Crippen LogP contribution in [-0.4, -0.2) is 39.9 Å². The van der Waals surface area contributed by atoms with Crippen LogP contribution in [0, 0.1) is 11.8 Å². The Bertz CT molecular complexity index is 1060. The van der Waals surface area contributed by atoms with Gasteiger partial charge in [-0.25, -0.2) is 0 Å². The molecule has 2 unspecified atom stereocenters. The molecule has 5 nitrogen and oxygen atoms in total. The van der Waals surface area contributed by atoms with E-state index < -0.39 is 0 Å². The van der Waals surface area contributed by atoms with Crippen LogP contribution in [0.4, 0.5) is 0 Å². The maximum atomic E-state index is 13.1. The monoisotopic (exact) mass is 398 g/mol. The molecule has 152 valence electrons. The number of carbonyl (C=O) groups excluding carboxylic acids is 1. The van der Waals surface area contributed by atoms with E-state index in [0.29, 0.717) is 17.5 Å². The lowest BCUT2D eigenvalue weighted by Crippen LogP contribution is -2.57. The van der Waals surface area contributed by atoms with Crippen LogP contribution in [0.15, 0.2) is 73.6 Å². The Morgan fingerprint density at radius 3 is 2.77 bits per heavy atom. The minimum atomic E-state index is -0.135. The van der Waals surface area contributed by atoms with Gasteiger partial charge in [0.25, 0.3) is 5.91 Å². The zero-order chi connectivity index (χ0) is 20.5. The maximum Gasteiger partial charge on any atom is 0.270 e. The highest BCUT2D eigenvalue weighted by molar-refractivity contribution is 5.93. The highest BCUT2D eigenvalue weighted by atomic mass is 16.2. The third-order valence-corrected chi connectivity index (χ3v) is 6.74. The summed E-state index contributed by atoms with van der Waals surface area (Å²) in [5.41, 5.74) is 2.52. The van der Waals surface area contributed by atoms with Crippen molar-refractivity contribution < 1.29 is 4.79 Å². The normalized spacial score (nSPS) is 26.3. The van der Waals surface area contributed by atoms with Crippen molar-refractivity contribution in [2.75, 3.05) is 13.1 Å². The zero-order valence-electron chi connectivity index (χ0n) is 16.9. The van der Waals surface area contributed by atoms with Gasteiger partial charge < -0.3 is 5.32 Å². The molecule has 30 heavy (non-hydrogen) atoms. The first-order valence-corrected chi connectivity index (χ1v) is 10.7. The third kappa shape index (κ3) is 3.39. The first-order chi connectivity index (χ1) is 14.7. The predicted molar refractivity (Wildman–Crippen MR) is 118 cm³/mol. The molecule has 3 aromatic rings. The molecule has 2 aromatic heterocycles. The lowest BCUT2D eigenvalue weighted by atomic mass is 9.73. The number of amides is 1. The number of fused-ring (bicyclic) bond motifs is 4. The lowest BCUT2D eigenvalue weighted by Gasteiger charge is -2.51. The van der Waals surface area contributed by atoms with Crippen molar-refractivity contribution in [1.82, 2.24) is 20.2 Å². The minimum absolute atomic E-state index is 0.124. The maximum absolute atomic E-state index is 13.1. The first kappa shape index (κ1) is 18.9. The molecule has 0 aliphatic carbocycles. The molecular formula is C25H26N4O. The van der Waals surface area contributed by atoms with Gasteiger partial charge in [-0.15, -0.1) is 6.58 Å². The Labute approximate surface area is 176 Å². The van der Waals surface area contributed by atoms with Crippen LogP contribution in [0.25, 0.3) is 10.9 Å². The Hall–Kier alpha value is -3.05. The number of aromatic nitrogens is 2. The van der Waals surface area contributed by atoms with Gasteiger partial charge in [0.2, 0.25) is 0 Å². The van der Waals surface area contributed by atoms with E-state index in [0.717, 1.165) is 36.0 Å². The number of hydrogen-bond acceptors (Lipinski definition) is 4. The van der Waals surface area contributed by atoms with Gasteiger partial charge in [-0.05, 0) is 61.1 Å². The molecule has 1 N–H and O–H groups in total. The van der Waals surface area contributed by atoms with Crippen LogP contribution < -0.4 is 5.32 Å². The second-order valence-electron chi connectivity index (χ2n) is 8.33. The zero-order valence-corrected chi connectivity index (χ0v) is 16.9. The fraction of sp³-hybridized carbons (Fsp3) is 0.320. The van der Waals surface area contributed by atoms with Gasteiger partial charge in [0.05, 0.1) is 11.6 Å². The number of pyridine rings is 2. The van der Waals surface area contributed by atoms with Crippen molar-refractivity contribution >= 4 is 16.8 Å². The van der Waals surface area contributed by atoms with Crippen LogP contribution >= 0.6 is 0 Å². The molecule has 1 aromatic carbocycles. The molecule has 3 aliphatic heterocycles. The molecule has 5 heterocycles. The molecule has 0 radical (unpaired) electrons. The molecule has 5 heteroatoms. The minimum Gasteiger partial charge on any atom is -0.342 e. The van der Waals surface area contributed by atoms with Gasteiger partial charge in [0.1, 0.15) is 5.69 Å². The van der Waals surface area contributed by atoms with E-state index >= 15 is 0 Å². The van der Waals surface area contributed by atoms with Gasteiger partial charge in [-0.2, -0.15) is 0 Å². The number of rotatable bonds is 5. The van der Waals surface area contributed by atoms with Crippen LogP contribution in [0.1, 0.15) is 34.9 Å². The fourth-order valence-electron chi connectivity index (χ4n) is 5.21. The lowest BCUT2D eigenvalue weighted by molar-refractivity contribution is 0.00167. The summed E-state index contributed by atoms with van der Waals surface area (Å²) >= 11 is 0. The average Bonchev–Trinajstić information content (AvgIpc) is 2.83. The van der Waals surface area contributed by atoms with Gasteiger partial charge >= 0.3 is 0 Å². The number of nitrogens with zero attached hydrogens (tertiary/aromatic N) is 3. The van der Waals surface area contributed by atoms with E-state index in [1.54, 1.807) is 12.3 Å². The molecular weight excluding hydrogens is 372 g/mol. The molecule has 0 spiro atoms. The SMILES string of the molecule is C=C[C@H]1CN2CCC1C[C@H]2[C@@H](NC(=O)c1ccccn1)c1ccnc2ccccc12. The van der Waals surface area contributed by atoms with E-state index in [9.17, 15) is 4.79 Å². The first-order valence-electron chi connectivity index (χ1n) is 10.7. The summed E-state index contributed by atoms with van der Waals surface area (Å²) in [7, 11) is 0.